The predicted octanol–water partition coefficient (Wildman–Crippen LogP) is 2.98. The number of amides is 2. The first-order valence-corrected chi connectivity index (χ1v) is 8.04. The molecule has 1 aliphatic heterocycles. The Kier molecular flexibility index (Phi) is 5.65. The molecule has 7 heteroatoms. The van der Waals surface area contributed by atoms with Crippen molar-refractivity contribution in [3.8, 4) is 5.75 Å². The minimum absolute atomic E-state index is 0.258. The van der Waals surface area contributed by atoms with Crippen LogP contribution in [0.2, 0.25) is 0 Å². The first-order chi connectivity index (χ1) is 10.1. The van der Waals surface area contributed by atoms with Crippen molar-refractivity contribution < 1.29 is 19.1 Å². The molecule has 0 N–H and O–H groups in total. The lowest BCUT2D eigenvalue weighted by atomic mass is 10.2. The van der Waals surface area contributed by atoms with Crippen molar-refractivity contribution in [3.63, 3.8) is 0 Å². The van der Waals surface area contributed by atoms with Gasteiger partial charge in [-0.2, -0.15) is 0 Å². The van der Waals surface area contributed by atoms with E-state index in [0.29, 0.717) is 11.5 Å². The first-order valence-electron chi connectivity index (χ1n) is 6.14. The second-order valence-electron chi connectivity index (χ2n) is 4.22. The third-order valence-corrected chi connectivity index (χ3v) is 4.62. The van der Waals surface area contributed by atoms with Gasteiger partial charge in [0.1, 0.15) is 5.75 Å². The van der Waals surface area contributed by atoms with Crippen LogP contribution in [-0.4, -0.2) is 43.4 Å². The molecule has 2 rings (SSSR count). The topological polar surface area (TPSA) is 55.8 Å². The number of nitrogens with zero attached hydrogens (tertiary/aromatic N) is 1. The second-order valence-corrected chi connectivity index (χ2v) is 6.38. The monoisotopic (exact) mass is 419 g/mol. The Balaban J connectivity index is 2.20. The third kappa shape index (κ3) is 3.78. The van der Waals surface area contributed by atoms with Gasteiger partial charge in [-0.1, -0.05) is 6.07 Å². The van der Waals surface area contributed by atoms with Gasteiger partial charge in [0.05, 0.1) is 28.7 Å². The fraction of sp³-hybridized carbons (Fsp3) is 0.286. The molecule has 0 saturated carbocycles. The fourth-order valence-corrected chi connectivity index (χ4v) is 3.42. The van der Waals surface area contributed by atoms with Crippen molar-refractivity contribution in [2.24, 2.45) is 0 Å². The molecule has 2 amide bonds. The molecule has 1 aliphatic rings. The van der Waals surface area contributed by atoms with Crippen LogP contribution in [0.15, 0.2) is 23.1 Å². The molecule has 0 unspecified atom stereocenters. The Hall–Kier alpha value is -1.06. The number of hydrogen-bond acceptors (Lipinski definition) is 5. The van der Waals surface area contributed by atoms with E-state index in [-0.39, 0.29) is 17.7 Å². The molecule has 21 heavy (non-hydrogen) atoms. The number of benzene rings is 1. The maximum atomic E-state index is 12.2. The van der Waals surface area contributed by atoms with Gasteiger partial charge in [0.15, 0.2) is 0 Å². The second kappa shape index (κ2) is 7.28. The average Bonchev–Trinajstić information content (AvgIpc) is 2.72. The van der Waals surface area contributed by atoms with Gasteiger partial charge in [-0.15, -0.1) is 0 Å². The lowest BCUT2D eigenvalue weighted by Gasteiger charge is -2.10. The van der Waals surface area contributed by atoms with Crippen LogP contribution in [-0.2, 0) is 9.53 Å². The van der Waals surface area contributed by atoms with Gasteiger partial charge in [0, 0.05) is 7.11 Å². The van der Waals surface area contributed by atoms with Gasteiger partial charge in [0.2, 0.25) is 0 Å². The van der Waals surface area contributed by atoms with E-state index >= 15 is 0 Å². The number of carbonyl (C=O) groups is 2. The van der Waals surface area contributed by atoms with Crippen LogP contribution in [0, 0.1) is 3.57 Å². The van der Waals surface area contributed by atoms with E-state index in [9.17, 15) is 9.59 Å². The molecule has 1 fully saturated rings. The number of halogens is 1. The molecule has 0 spiro atoms. The highest BCUT2D eigenvalue weighted by Gasteiger charge is 2.34. The summed E-state index contributed by atoms with van der Waals surface area (Å²) >= 11 is 3.12. The van der Waals surface area contributed by atoms with Gasteiger partial charge in [-0.05, 0) is 58.1 Å². The number of imide groups is 1. The number of hydrogen-bond donors (Lipinski definition) is 0. The number of carbonyl (C=O) groups excluding carboxylic acids is 2. The molecule has 5 nitrogen and oxygen atoms in total. The zero-order chi connectivity index (χ0) is 15.4. The molecule has 0 aromatic heterocycles. The van der Waals surface area contributed by atoms with E-state index in [1.165, 1.54) is 12.0 Å². The summed E-state index contributed by atoms with van der Waals surface area (Å²) in [6.45, 7) is 0.615. The summed E-state index contributed by atoms with van der Waals surface area (Å²) in [7, 11) is 3.15. The molecule has 0 bridgehead atoms. The maximum absolute atomic E-state index is 12.2. The van der Waals surface area contributed by atoms with Crippen molar-refractivity contribution in [3.05, 3.63) is 32.2 Å². The van der Waals surface area contributed by atoms with Gasteiger partial charge in [-0.25, -0.2) is 0 Å². The lowest BCUT2D eigenvalue weighted by Crippen LogP contribution is -2.31. The van der Waals surface area contributed by atoms with Crippen LogP contribution in [0.3, 0.4) is 0 Å². The summed E-state index contributed by atoms with van der Waals surface area (Å²) in [6.07, 6.45) is 1.72. The van der Waals surface area contributed by atoms with Crippen LogP contribution >= 0.6 is 34.4 Å². The predicted molar refractivity (Wildman–Crippen MR) is 90.3 cm³/mol. The highest BCUT2D eigenvalue weighted by Crippen LogP contribution is 2.32. The summed E-state index contributed by atoms with van der Waals surface area (Å²) in [5.74, 6) is 0.508. The molecule has 0 aliphatic carbocycles. The van der Waals surface area contributed by atoms with Gasteiger partial charge < -0.3 is 9.47 Å². The smallest absolute Gasteiger partial charge is 0.293 e. The standard InChI is InChI=1S/C14H14INO4S/c1-19-6-5-16-13(17)12(21-14(16)18)8-9-3-4-11(20-2)10(15)7-9/h3-4,7-8H,5-6H2,1-2H3/b12-8+. The SMILES string of the molecule is COCCN1C(=O)S/C(=C/c2ccc(OC)c(I)c2)C1=O. The van der Waals surface area contributed by atoms with Crippen LogP contribution in [0.5, 0.6) is 5.75 Å². The van der Waals surface area contributed by atoms with E-state index in [1.54, 1.807) is 13.2 Å². The fourth-order valence-electron chi connectivity index (χ4n) is 1.80. The Morgan fingerprint density at radius 2 is 2.10 bits per heavy atom. The summed E-state index contributed by atoms with van der Waals surface area (Å²) in [6, 6.07) is 5.59. The maximum Gasteiger partial charge on any atom is 0.293 e. The summed E-state index contributed by atoms with van der Waals surface area (Å²) < 4.78 is 11.0. The first kappa shape index (κ1) is 16.3. The van der Waals surface area contributed by atoms with Crippen LogP contribution in [0.1, 0.15) is 5.56 Å². The van der Waals surface area contributed by atoms with E-state index in [2.05, 4.69) is 22.6 Å². The Bertz CT molecular complexity index is 603. The van der Waals surface area contributed by atoms with Crippen LogP contribution in [0.25, 0.3) is 6.08 Å². The molecule has 0 radical (unpaired) electrons. The average molecular weight is 419 g/mol. The van der Waals surface area contributed by atoms with E-state index in [0.717, 1.165) is 26.6 Å². The van der Waals surface area contributed by atoms with Crippen LogP contribution in [0.4, 0.5) is 4.79 Å². The molecular weight excluding hydrogens is 405 g/mol. The van der Waals surface area contributed by atoms with Crippen molar-refractivity contribution in [2.45, 2.75) is 0 Å². The normalized spacial score (nSPS) is 16.9. The minimum Gasteiger partial charge on any atom is -0.496 e. The molecule has 0 atom stereocenters. The highest BCUT2D eigenvalue weighted by atomic mass is 127. The molecule has 1 heterocycles. The minimum atomic E-state index is -0.270. The van der Waals surface area contributed by atoms with Gasteiger partial charge in [-0.3, -0.25) is 14.5 Å². The quantitative estimate of drug-likeness (QED) is 0.543. The van der Waals surface area contributed by atoms with Crippen molar-refractivity contribution in [1.82, 2.24) is 4.90 Å². The highest BCUT2D eigenvalue weighted by molar-refractivity contribution is 14.1. The number of thioether (sulfide) groups is 1. The van der Waals surface area contributed by atoms with Crippen molar-refractivity contribution in [2.75, 3.05) is 27.4 Å². The number of ether oxygens (including phenoxy) is 2. The summed E-state index contributed by atoms with van der Waals surface area (Å²) in [4.78, 5) is 25.6. The zero-order valence-electron chi connectivity index (χ0n) is 11.6. The van der Waals surface area contributed by atoms with Crippen LogP contribution < -0.4 is 4.74 Å². The Labute approximate surface area is 140 Å². The molecule has 1 aromatic rings. The Morgan fingerprint density at radius 1 is 1.33 bits per heavy atom. The summed E-state index contributed by atoms with van der Waals surface area (Å²) in [5.41, 5.74) is 0.859. The number of methoxy groups -OCH3 is 2. The van der Waals surface area contributed by atoms with Gasteiger partial charge in [0.25, 0.3) is 11.1 Å². The largest absolute Gasteiger partial charge is 0.496 e. The molecule has 1 aromatic carbocycles. The third-order valence-electron chi connectivity index (χ3n) is 2.87. The molecular formula is C14H14INO4S. The van der Waals surface area contributed by atoms with Gasteiger partial charge >= 0.3 is 0 Å². The Morgan fingerprint density at radius 3 is 2.71 bits per heavy atom. The number of rotatable bonds is 5. The van der Waals surface area contributed by atoms with Crippen molar-refractivity contribution in [1.29, 1.82) is 0 Å². The molecule has 112 valence electrons. The lowest BCUT2D eigenvalue weighted by molar-refractivity contribution is -0.123. The summed E-state index contributed by atoms with van der Waals surface area (Å²) in [5, 5.41) is -0.258. The van der Waals surface area contributed by atoms with E-state index in [1.807, 2.05) is 18.2 Å². The molecule has 1 saturated heterocycles. The zero-order valence-corrected chi connectivity index (χ0v) is 14.6. The van der Waals surface area contributed by atoms with E-state index < -0.39 is 0 Å². The van der Waals surface area contributed by atoms with E-state index in [4.69, 9.17) is 9.47 Å². The van der Waals surface area contributed by atoms with Crippen molar-refractivity contribution >= 4 is 51.6 Å².